The molecular formula is C7H9NO4S. The van der Waals surface area contributed by atoms with Gasteiger partial charge in [-0.2, -0.15) is 8.42 Å². The fraction of sp³-hybridized carbons (Fsp3) is 0.143. The van der Waals surface area contributed by atoms with Crippen LogP contribution in [-0.4, -0.2) is 18.1 Å². The third-order valence-electron chi connectivity index (χ3n) is 1.54. The molecule has 1 rings (SSSR count). The third-order valence-corrected chi connectivity index (χ3v) is 2.45. The van der Waals surface area contributed by atoms with E-state index in [0.717, 1.165) is 6.07 Å². The quantitative estimate of drug-likeness (QED) is 0.464. The largest absolute Gasteiger partial charge is 0.398 e. The molecule has 0 fully saturated rings. The van der Waals surface area contributed by atoms with Gasteiger partial charge in [0.25, 0.3) is 10.1 Å². The van der Waals surface area contributed by atoms with Crippen LogP contribution in [0.15, 0.2) is 23.1 Å². The molecule has 13 heavy (non-hydrogen) atoms. The average Bonchev–Trinajstić information content (AvgIpc) is 2.03. The van der Waals surface area contributed by atoms with Gasteiger partial charge in [0.15, 0.2) is 0 Å². The van der Waals surface area contributed by atoms with Crippen LogP contribution in [0.1, 0.15) is 5.56 Å². The van der Waals surface area contributed by atoms with Crippen LogP contribution < -0.4 is 5.73 Å². The summed E-state index contributed by atoms with van der Waals surface area (Å²) in [6.45, 7) is -0.303. The summed E-state index contributed by atoms with van der Waals surface area (Å²) in [6, 6.07) is 3.92. The Balaban J connectivity index is 3.36. The summed E-state index contributed by atoms with van der Waals surface area (Å²) in [4.78, 5) is -0.376. The third kappa shape index (κ3) is 2.18. The maximum atomic E-state index is 10.7. The van der Waals surface area contributed by atoms with Crippen LogP contribution in [0.25, 0.3) is 0 Å². The molecule has 0 heterocycles. The number of benzene rings is 1. The van der Waals surface area contributed by atoms with E-state index in [4.69, 9.17) is 15.4 Å². The number of aliphatic hydroxyl groups excluding tert-OH is 1. The predicted molar refractivity (Wildman–Crippen MR) is 46.6 cm³/mol. The van der Waals surface area contributed by atoms with Crippen LogP contribution in [-0.2, 0) is 16.7 Å². The molecule has 0 bridgehead atoms. The Labute approximate surface area is 75.6 Å². The lowest BCUT2D eigenvalue weighted by atomic mass is 10.2. The van der Waals surface area contributed by atoms with E-state index in [9.17, 15) is 8.42 Å². The molecule has 1 aromatic carbocycles. The van der Waals surface area contributed by atoms with Gasteiger partial charge in [0.05, 0.1) is 12.3 Å². The molecule has 0 radical (unpaired) electrons. The topological polar surface area (TPSA) is 101 Å². The Morgan fingerprint density at radius 3 is 2.46 bits per heavy atom. The van der Waals surface area contributed by atoms with Crippen LogP contribution in [0.5, 0.6) is 0 Å². The first-order valence-electron chi connectivity index (χ1n) is 3.42. The second kappa shape index (κ2) is 3.33. The molecule has 0 unspecified atom stereocenters. The lowest BCUT2D eigenvalue weighted by molar-refractivity contribution is 0.281. The molecule has 0 aliphatic rings. The summed E-state index contributed by atoms with van der Waals surface area (Å²) < 4.78 is 30.1. The van der Waals surface area contributed by atoms with Crippen LogP contribution in [0.3, 0.4) is 0 Å². The minimum atomic E-state index is -4.30. The van der Waals surface area contributed by atoms with Gasteiger partial charge in [-0.3, -0.25) is 4.55 Å². The monoisotopic (exact) mass is 203 g/mol. The summed E-state index contributed by atoms with van der Waals surface area (Å²) in [5.41, 5.74) is 5.64. The maximum absolute atomic E-state index is 10.7. The lowest BCUT2D eigenvalue weighted by Gasteiger charge is -2.03. The number of hydrogen-bond acceptors (Lipinski definition) is 4. The summed E-state index contributed by atoms with van der Waals surface area (Å²) in [7, 11) is -4.30. The molecule has 5 nitrogen and oxygen atoms in total. The van der Waals surface area contributed by atoms with Gasteiger partial charge < -0.3 is 10.8 Å². The molecular weight excluding hydrogens is 194 g/mol. The number of nitrogen functional groups attached to an aromatic ring is 1. The average molecular weight is 203 g/mol. The fourth-order valence-electron chi connectivity index (χ4n) is 0.901. The van der Waals surface area contributed by atoms with Crippen molar-refractivity contribution in [1.29, 1.82) is 0 Å². The Bertz CT molecular complexity index is 413. The van der Waals surface area contributed by atoms with E-state index in [1.54, 1.807) is 0 Å². The molecule has 0 atom stereocenters. The zero-order valence-electron chi connectivity index (χ0n) is 6.64. The van der Waals surface area contributed by atoms with E-state index < -0.39 is 10.1 Å². The van der Waals surface area contributed by atoms with Crippen LogP contribution in [0.4, 0.5) is 5.69 Å². The number of rotatable bonds is 2. The van der Waals surface area contributed by atoms with E-state index in [1.807, 2.05) is 0 Å². The van der Waals surface area contributed by atoms with Gasteiger partial charge in [0, 0.05) is 0 Å². The fourth-order valence-corrected chi connectivity index (χ4v) is 1.57. The molecule has 4 N–H and O–H groups in total. The highest BCUT2D eigenvalue weighted by Gasteiger charge is 2.13. The van der Waals surface area contributed by atoms with E-state index in [0.29, 0.717) is 5.56 Å². The van der Waals surface area contributed by atoms with Crippen molar-refractivity contribution in [2.45, 2.75) is 11.5 Å². The van der Waals surface area contributed by atoms with Crippen molar-refractivity contribution in [2.24, 2.45) is 0 Å². The smallest absolute Gasteiger partial charge is 0.296 e. The molecule has 0 saturated heterocycles. The highest BCUT2D eigenvalue weighted by atomic mass is 32.2. The number of aliphatic hydroxyl groups is 1. The van der Waals surface area contributed by atoms with E-state index in [2.05, 4.69) is 0 Å². The van der Waals surface area contributed by atoms with Gasteiger partial charge in [0.1, 0.15) is 4.90 Å². The number of nitrogens with two attached hydrogens (primary N) is 1. The van der Waals surface area contributed by atoms with Crippen molar-refractivity contribution in [3.8, 4) is 0 Å². The molecule has 6 heteroatoms. The zero-order chi connectivity index (χ0) is 10.1. The van der Waals surface area contributed by atoms with Crippen molar-refractivity contribution in [2.75, 3.05) is 5.73 Å². The predicted octanol–water partition coefficient (Wildman–Crippen LogP) is 0.00780. The van der Waals surface area contributed by atoms with E-state index >= 15 is 0 Å². The zero-order valence-corrected chi connectivity index (χ0v) is 7.45. The van der Waals surface area contributed by atoms with Crippen LogP contribution >= 0.6 is 0 Å². The molecule has 0 amide bonds. The second-order valence-electron chi connectivity index (χ2n) is 2.51. The Kier molecular flexibility index (Phi) is 2.55. The van der Waals surface area contributed by atoms with Gasteiger partial charge in [-0.1, -0.05) is 6.07 Å². The second-order valence-corrected chi connectivity index (χ2v) is 3.90. The Hall–Kier alpha value is -1.11. The van der Waals surface area contributed by atoms with Crippen molar-refractivity contribution >= 4 is 15.8 Å². The van der Waals surface area contributed by atoms with E-state index in [-0.39, 0.29) is 17.2 Å². The van der Waals surface area contributed by atoms with Crippen LogP contribution in [0, 0.1) is 0 Å². The van der Waals surface area contributed by atoms with Crippen molar-refractivity contribution in [1.82, 2.24) is 0 Å². The molecule has 1 aromatic rings. The molecule has 0 aliphatic carbocycles. The van der Waals surface area contributed by atoms with Gasteiger partial charge >= 0.3 is 0 Å². The molecule has 0 spiro atoms. The molecule has 0 aliphatic heterocycles. The first-order chi connectivity index (χ1) is 5.95. The van der Waals surface area contributed by atoms with Crippen molar-refractivity contribution in [3.05, 3.63) is 23.8 Å². The van der Waals surface area contributed by atoms with Gasteiger partial charge in [-0.25, -0.2) is 0 Å². The lowest BCUT2D eigenvalue weighted by Crippen LogP contribution is -2.03. The SMILES string of the molecule is Nc1ccc(CO)cc1S(=O)(=O)O. The first kappa shape index (κ1) is 9.97. The minimum absolute atomic E-state index is 0.0419. The summed E-state index contributed by atoms with van der Waals surface area (Å²) in [5, 5.41) is 8.70. The normalized spacial score (nSPS) is 11.5. The number of anilines is 1. The molecule has 0 aromatic heterocycles. The van der Waals surface area contributed by atoms with Gasteiger partial charge in [-0.05, 0) is 17.7 Å². The summed E-state index contributed by atoms with van der Waals surface area (Å²) in [6.07, 6.45) is 0. The highest BCUT2D eigenvalue weighted by Crippen LogP contribution is 2.19. The minimum Gasteiger partial charge on any atom is -0.398 e. The molecule has 72 valence electrons. The van der Waals surface area contributed by atoms with Crippen LogP contribution in [0.2, 0.25) is 0 Å². The first-order valence-corrected chi connectivity index (χ1v) is 4.86. The van der Waals surface area contributed by atoms with Crippen molar-refractivity contribution in [3.63, 3.8) is 0 Å². The van der Waals surface area contributed by atoms with Gasteiger partial charge in [0.2, 0.25) is 0 Å². The highest BCUT2D eigenvalue weighted by molar-refractivity contribution is 7.86. The van der Waals surface area contributed by atoms with E-state index in [1.165, 1.54) is 12.1 Å². The molecule has 0 saturated carbocycles. The summed E-state index contributed by atoms with van der Waals surface area (Å²) in [5.74, 6) is 0. The maximum Gasteiger partial charge on any atom is 0.296 e. The number of hydrogen-bond donors (Lipinski definition) is 3. The van der Waals surface area contributed by atoms with Crippen molar-refractivity contribution < 1.29 is 18.1 Å². The Morgan fingerprint density at radius 1 is 1.38 bits per heavy atom. The standard InChI is InChI=1S/C7H9NO4S/c8-6-2-1-5(4-9)3-7(6)13(10,11)12/h1-3,9H,4,8H2,(H,10,11,12). The summed E-state index contributed by atoms with van der Waals surface area (Å²) >= 11 is 0. The Morgan fingerprint density at radius 2 is 2.00 bits per heavy atom. The van der Waals surface area contributed by atoms with Gasteiger partial charge in [-0.15, -0.1) is 0 Å².